The molecule has 1 unspecified atom stereocenters. The number of halogens is 3. The lowest BCUT2D eigenvalue weighted by Crippen LogP contribution is -2.42. The molecule has 1 aliphatic rings. The summed E-state index contributed by atoms with van der Waals surface area (Å²) >= 11 is 0. The zero-order valence-electron chi connectivity index (χ0n) is 17.1. The fourth-order valence-corrected chi connectivity index (χ4v) is 5.27. The smallest absolute Gasteiger partial charge is 0.404 e. The molecule has 10 heteroatoms. The van der Waals surface area contributed by atoms with Gasteiger partial charge < -0.3 is 10.1 Å². The molecule has 0 aliphatic carbocycles. The average Bonchev–Trinajstić information content (AvgIpc) is 2.68. The number of nitrogens with zero attached hydrogens (tertiary/aromatic N) is 1. The molecule has 1 heterocycles. The van der Waals surface area contributed by atoms with Crippen LogP contribution in [0.3, 0.4) is 0 Å². The monoisotopic (exact) mass is 456 g/mol. The van der Waals surface area contributed by atoms with Crippen LogP contribution >= 0.6 is 0 Å². The molecule has 1 saturated heterocycles. The van der Waals surface area contributed by atoms with Gasteiger partial charge in [-0.2, -0.15) is 4.31 Å². The Morgan fingerprint density at radius 1 is 1.16 bits per heavy atom. The van der Waals surface area contributed by atoms with Gasteiger partial charge in [0, 0.05) is 18.2 Å². The normalized spacial score (nSPS) is 17.9. The van der Waals surface area contributed by atoms with E-state index < -0.39 is 28.0 Å². The number of nitrogens with one attached hydrogen (secondary N) is 1. The second-order valence-corrected chi connectivity index (χ2v) is 9.33. The molecule has 1 N–H and O–H groups in total. The van der Waals surface area contributed by atoms with Crippen LogP contribution in [0.15, 0.2) is 47.4 Å². The van der Waals surface area contributed by atoms with Crippen LogP contribution in [0.4, 0.5) is 18.9 Å². The van der Waals surface area contributed by atoms with Crippen molar-refractivity contribution < 1.29 is 31.1 Å². The molecule has 0 spiro atoms. The Morgan fingerprint density at radius 3 is 2.55 bits per heavy atom. The Balaban J connectivity index is 1.90. The van der Waals surface area contributed by atoms with Crippen molar-refractivity contribution in [3.05, 3.63) is 53.6 Å². The van der Waals surface area contributed by atoms with Gasteiger partial charge in [-0.3, -0.25) is 4.79 Å². The fraction of sp³-hybridized carbons (Fsp3) is 0.381. The highest BCUT2D eigenvalue weighted by Crippen LogP contribution is 2.31. The van der Waals surface area contributed by atoms with Gasteiger partial charge in [0.2, 0.25) is 10.0 Å². The molecule has 1 atom stereocenters. The van der Waals surface area contributed by atoms with Gasteiger partial charge in [-0.25, -0.2) is 8.42 Å². The van der Waals surface area contributed by atoms with E-state index in [4.69, 9.17) is 0 Å². The Kier molecular flexibility index (Phi) is 6.61. The summed E-state index contributed by atoms with van der Waals surface area (Å²) in [6.45, 7) is 3.87. The number of aryl methyl sites for hydroxylation is 1. The molecule has 0 radical (unpaired) electrons. The highest BCUT2D eigenvalue weighted by Gasteiger charge is 2.33. The minimum atomic E-state index is -4.92. The van der Waals surface area contributed by atoms with Crippen molar-refractivity contribution in [3.8, 4) is 5.75 Å². The summed E-state index contributed by atoms with van der Waals surface area (Å²) in [6, 6.07) is 9.19. The van der Waals surface area contributed by atoms with E-state index in [1.165, 1.54) is 40.7 Å². The lowest BCUT2D eigenvalue weighted by atomic mass is 10.1. The van der Waals surface area contributed by atoms with Crippen molar-refractivity contribution in [3.63, 3.8) is 0 Å². The van der Waals surface area contributed by atoms with Crippen molar-refractivity contribution in [2.24, 2.45) is 0 Å². The summed E-state index contributed by atoms with van der Waals surface area (Å²) < 4.78 is 69.5. The Morgan fingerprint density at radius 2 is 1.87 bits per heavy atom. The molecule has 1 aliphatic heterocycles. The van der Waals surface area contributed by atoms with Gasteiger partial charge in [-0.1, -0.05) is 24.6 Å². The first-order valence-corrected chi connectivity index (χ1v) is 11.2. The highest BCUT2D eigenvalue weighted by molar-refractivity contribution is 7.89. The van der Waals surface area contributed by atoms with E-state index in [0.29, 0.717) is 12.1 Å². The maximum absolute atomic E-state index is 13.1. The number of ether oxygens (including phenoxy) is 1. The van der Waals surface area contributed by atoms with Crippen LogP contribution in [0.5, 0.6) is 5.75 Å². The maximum Gasteiger partial charge on any atom is 0.573 e. The third kappa shape index (κ3) is 5.37. The molecular formula is C21H23F3N2O4S. The molecule has 31 heavy (non-hydrogen) atoms. The predicted octanol–water partition coefficient (Wildman–Crippen LogP) is 4.71. The fourth-order valence-electron chi connectivity index (χ4n) is 3.54. The van der Waals surface area contributed by atoms with Crippen molar-refractivity contribution in [1.29, 1.82) is 0 Å². The van der Waals surface area contributed by atoms with Crippen molar-refractivity contribution >= 4 is 21.6 Å². The van der Waals surface area contributed by atoms with Crippen LogP contribution in [0.25, 0.3) is 0 Å². The summed E-state index contributed by atoms with van der Waals surface area (Å²) in [5.74, 6) is -1.30. The van der Waals surface area contributed by atoms with Crippen LogP contribution in [0.1, 0.15) is 42.1 Å². The molecule has 6 nitrogen and oxygen atoms in total. The van der Waals surface area contributed by atoms with Gasteiger partial charge >= 0.3 is 6.36 Å². The van der Waals surface area contributed by atoms with Gasteiger partial charge in [0.15, 0.2) is 5.75 Å². The number of alkyl halides is 3. The van der Waals surface area contributed by atoms with Crippen LogP contribution in [-0.2, 0) is 10.0 Å². The van der Waals surface area contributed by atoms with E-state index in [-0.39, 0.29) is 22.2 Å². The molecular weight excluding hydrogens is 433 g/mol. The highest BCUT2D eigenvalue weighted by atomic mass is 32.2. The lowest BCUT2D eigenvalue weighted by Gasteiger charge is -2.32. The van der Waals surface area contributed by atoms with Crippen LogP contribution in [-0.4, -0.2) is 37.6 Å². The van der Waals surface area contributed by atoms with E-state index >= 15 is 0 Å². The molecule has 0 aromatic heterocycles. The number of hydrogen-bond donors (Lipinski definition) is 1. The first kappa shape index (κ1) is 23.1. The van der Waals surface area contributed by atoms with Gasteiger partial charge in [0.25, 0.3) is 5.91 Å². The summed E-state index contributed by atoms with van der Waals surface area (Å²) in [5, 5.41) is 2.38. The topological polar surface area (TPSA) is 75.7 Å². The standard InChI is InChI=1S/C21H23F3N2O4S/c1-14-10-11-16(31(28,29)26-12-6-5-7-15(26)2)13-17(14)20(27)25-18-8-3-4-9-19(18)30-21(22,23)24/h3-4,8-11,13,15H,5-7,12H2,1-2H3,(H,25,27). The molecule has 2 aromatic carbocycles. The third-order valence-electron chi connectivity index (χ3n) is 5.16. The number of hydrogen-bond acceptors (Lipinski definition) is 4. The predicted molar refractivity (Wildman–Crippen MR) is 109 cm³/mol. The number of carbonyl (C=O) groups is 1. The Hall–Kier alpha value is -2.59. The van der Waals surface area contributed by atoms with E-state index in [9.17, 15) is 26.4 Å². The van der Waals surface area contributed by atoms with Gasteiger partial charge in [0.1, 0.15) is 0 Å². The molecule has 168 valence electrons. The molecule has 0 bridgehead atoms. The number of carbonyl (C=O) groups excluding carboxylic acids is 1. The SMILES string of the molecule is Cc1ccc(S(=O)(=O)N2CCCCC2C)cc1C(=O)Nc1ccccc1OC(F)(F)F. The van der Waals surface area contributed by atoms with Crippen molar-refractivity contribution in [2.75, 3.05) is 11.9 Å². The van der Waals surface area contributed by atoms with Crippen LogP contribution in [0.2, 0.25) is 0 Å². The summed E-state index contributed by atoms with van der Waals surface area (Å²) in [4.78, 5) is 12.8. The molecule has 1 fully saturated rings. The minimum Gasteiger partial charge on any atom is -0.404 e. The second kappa shape index (κ2) is 8.88. The van der Waals surface area contributed by atoms with Gasteiger partial charge in [-0.15, -0.1) is 13.2 Å². The maximum atomic E-state index is 13.1. The Labute approximate surface area is 179 Å². The van der Waals surface area contributed by atoms with Crippen LogP contribution < -0.4 is 10.1 Å². The minimum absolute atomic E-state index is 0.0307. The van der Waals surface area contributed by atoms with Crippen molar-refractivity contribution in [1.82, 2.24) is 4.31 Å². The van der Waals surface area contributed by atoms with E-state index in [1.807, 2.05) is 6.92 Å². The molecule has 3 rings (SSSR count). The number of benzene rings is 2. The number of para-hydroxylation sites is 2. The van der Waals surface area contributed by atoms with Crippen molar-refractivity contribution in [2.45, 2.75) is 50.4 Å². The molecule has 0 saturated carbocycles. The molecule has 1 amide bonds. The largest absolute Gasteiger partial charge is 0.573 e. The number of sulfonamides is 1. The van der Waals surface area contributed by atoms with Crippen LogP contribution in [0, 0.1) is 6.92 Å². The number of piperidine rings is 1. The second-order valence-electron chi connectivity index (χ2n) is 7.44. The molecule has 2 aromatic rings. The lowest BCUT2D eigenvalue weighted by molar-refractivity contribution is -0.274. The first-order valence-electron chi connectivity index (χ1n) is 9.77. The summed E-state index contributed by atoms with van der Waals surface area (Å²) in [5.41, 5.74) is 0.354. The first-order chi connectivity index (χ1) is 14.5. The quantitative estimate of drug-likeness (QED) is 0.707. The average molecular weight is 456 g/mol. The number of anilines is 1. The van der Waals surface area contributed by atoms with E-state index in [0.717, 1.165) is 25.3 Å². The van der Waals surface area contributed by atoms with Gasteiger partial charge in [-0.05, 0) is 56.5 Å². The summed E-state index contributed by atoms with van der Waals surface area (Å²) in [6.07, 6.45) is -2.45. The zero-order valence-corrected chi connectivity index (χ0v) is 17.9. The third-order valence-corrected chi connectivity index (χ3v) is 7.17. The summed E-state index contributed by atoms with van der Waals surface area (Å²) in [7, 11) is -3.81. The number of amides is 1. The van der Waals surface area contributed by atoms with E-state index in [1.54, 1.807) is 6.92 Å². The zero-order chi connectivity index (χ0) is 22.8. The Bertz CT molecular complexity index is 1070. The van der Waals surface area contributed by atoms with Gasteiger partial charge in [0.05, 0.1) is 10.6 Å². The van der Waals surface area contributed by atoms with E-state index in [2.05, 4.69) is 10.1 Å². The number of rotatable bonds is 5.